The molecular weight excluding hydrogens is 232 g/mol. The van der Waals surface area contributed by atoms with Crippen LogP contribution < -0.4 is 5.32 Å². The van der Waals surface area contributed by atoms with E-state index in [1.54, 1.807) is 0 Å². The van der Waals surface area contributed by atoms with Gasteiger partial charge < -0.3 is 5.32 Å². The van der Waals surface area contributed by atoms with Crippen molar-refractivity contribution in [3.8, 4) is 0 Å². The zero-order valence-electron chi connectivity index (χ0n) is 13.3. The number of nitrogens with zero attached hydrogens (tertiary/aromatic N) is 1. The first-order valence-corrected chi connectivity index (χ1v) is 8.68. The topological polar surface area (TPSA) is 15.3 Å². The Bertz CT molecular complexity index is 250. The summed E-state index contributed by atoms with van der Waals surface area (Å²) in [5.74, 6) is 1.78. The van der Waals surface area contributed by atoms with Crippen LogP contribution in [0.4, 0.5) is 0 Å². The molecule has 2 aliphatic rings. The van der Waals surface area contributed by atoms with E-state index in [-0.39, 0.29) is 0 Å². The average Bonchev–Trinajstić information content (AvgIpc) is 2.43. The van der Waals surface area contributed by atoms with Gasteiger partial charge >= 0.3 is 0 Å². The molecule has 0 spiro atoms. The summed E-state index contributed by atoms with van der Waals surface area (Å²) in [7, 11) is 0. The zero-order valence-corrected chi connectivity index (χ0v) is 13.3. The first-order valence-electron chi connectivity index (χ1n) is 8.68. The number of hydrogen-bond acceptors (Lipinski definition) is 2. The van der Waals surface area contributed by atoms with E-state index < -0.39 is 0 Å². The van der Waals surface area contributed by atoms with E-state index in [1.165, 1.54) is 64.6 Å². The molecule has 1 heterocycles. The normalized spacial score (nSPS) is 30.3. The summed E-state index contributed by atoms with van der Waals surface area (Å²) in [6.07, 6.45) is 10.1. The van der Waals surface area contributed by atoms with Crippen molar-refractivity contribution in [1.29, 1.82) is 0 Å². The van der Waals surface area contributed by atoms with Gasteiger partial charge in [-0.2, -0.15) is 0 Å². The van der Waals surface area contributed by atoms with Gasteiger partial charge in [-0.3, -0.25) is 4.90 Å². The Morgan fingerprint density at radius 3 is 2.53 bits per heavy atom. The van der Waals surface area contributed by atoms with E-state index in [0.717, 1.165) is 23.9 Å². The quantitative estimate of drug-likeness (QED) is 0.789. The molecule has 0 bridgehead atoms. The van der Waals surface area contributed by atoms with Crippen LogP contribution in [0.3, 0.4) is 0 Å². The molecule has 1 saturated carbocycles. The fraction of sp³-hybridized carbons (Fsp3) is 1.00. The van der Waals surface area contributed by atoms with Crippen LogP contribution >= 0.6 is 0 Å². The molecule has 0 amide bonds. The third-order valence-corrected chi connectivity index (χ3v) is 5.16. The van der Waals surface area contributed by atoms with Gasteiger partial charge in [-0.15, -0.1) is 0 Å². The average molecular weight is 266 g/mol. The van der Waals surface area contributed by atoms with Crippen LogP contribution in [-0.4, -0.2) is 36.6 Å². The summed E-state index contributed by atoms with van der Waals surface area (Å²) in [4.78, 5) is 2.88. The molecule has 2 heteroatoms. The van der Waals surface area contributed by atoms with Crippen molar-refractivity contribution >= 4 is 0 Å². The summed E-state index contributed by atoms with van der Waals surface area (Å²) in [6, 6.07) is 1.68. The molecule has 3 unspecified atom stereocenters. The number of piperidine rings is 1. The van der Waals surface area contributed by atoms with E-state index in [1.807, 2.05) is 0 Å². The summed E-state index contributed by atoms with van der Waals surface area (Å²) in [6.45, 7) is 10.7. The van der Waals surface area contributed by atoms with Crippen LogP contribution in [0.5, 0.6) is 0 Å². The molecule has 3 atom stereocenters. The van der Waals surface area contributed by atoms with Crippen molar-refractivity contribution in [2.75, 3.05) is 19.6 Å². The van der Waals surface area contributed by atoms with Crippen molar-refractivity contribution < 1.29 is 0 Å². The molecule has 2 nitrogen and oxygen atoms in total. The highest BCUT2D eigenvalue weighted by Gasteiger charge is 2.35. The molecule has 112 valence electrons. The lowest BCUT2D eigenvalue weighted by atomic mass is 9.77. The van der Waals surface area contributed by atoms with Gasteiger partial charge in [0.15, 0.2) is 0 Å². The molecule has 1 saturated heterocycles. The van der Waals surface area contributed by atoms with Crippen LogP contribution in [0.1, 0.15) is 65.7 Å². The third-order valence-electron chi connectivity index (χ3n) is 5.16. The van der Waals surface area contributed by atoms with Gasteiger partial charge in [0.25, 0.3) is 0 Å². The smallest absolute Gasteiger partial charge is 0.0221 e. The highest BCUT2D eigenvalue weighted by molar-refractivity contribution is 4.90. The number of likely N-dealkylation sites (tertiary alicyclic amines) is 1. The highest BCUT2D eigenvalue weighted by atomic mass is 15.2. The van der Waals surface area contributed by atoms with Gasteiger partial charge in [-0.25, -0.2) is 0 Å². The maximum absolute atomic E-state index is 3.69. The Morgan fingerprint density at radius 2 is 1.79 bits per heavy atom. The molecule has 19 heavy (non-hydrogen) atoms. The minimum Gasteiger partial charge on any atom is -0.315 e. The first kappa shape index (κ1) is 15.3. The Labute approximate surface area is 120 Å². The minimum absolute atomic E-state index is 0.765. The summed E-state index contributed by atoms with van der Waals surface area (Å²) in [5.41, 5.74) is 0. The number of fused-ring (bicyclic) bond motifs is 1. The Kier molecular flexibility index (Phi) is 6.15. The predicted octanol–water partition coefficient (Wildman–Crippen LogP) is 3.67. The molecule has 1 aliphatic heterocycles. The van der Waals surface area contributed by atoms with Gasteiger partial charge in [-0.05, 0) is 57.0 Å². The van der Waals surface area contributed by atoms with E-state index in [4.69, 9.17) is 0 Å². The van der Waals surface area contributed by atoms with Crippen LogP contribution in [0, 0.1) is 11.8 Å². The number of rotatable bonds is 6. The maximum atomic E-state index is 3.69. The fourth-order valence-electron chi connectivity index (χ4n) is 4.15. The van der Waals surface area contributed by atoms with Crippen LogP contribution in [0.25, 0.3) is 0 Å². The highest BCUT2D eigenvalue weighted by Crippen LogP contribution is 2.36. The molecule has 0 aromatic rings. The Balaban J connectivity index is 1.88. The predicted molar refractivity (Wildman–Crippen MR) is 83.5 cm³/mol. The SMILES string of the molecule is CCC(CNCC(C)C)N1CCCC2CCCCC21. The van der Waals surface area contributed by atoms with Crippen molar-refractivity contribution in [3.05, 3.63) is 0 Å². The second-order valence-electron chi connectivity index (χ2n) is 7.11. The Hall–Kier alpha value is -0.0800. The molecule has 2 rings (SSSR count). The summed E-state index contributed by atoms with van der Waals surface area (Å²) in [5, 5.41) is 3.69. The lowest BCUT2D eigenvalue weighted by Gasteiger charge is -2.47. The van der Waals surface area contributed by atoms with Crippen molar-refractivity contribution in [3.63, 3.8) is 0 Å². The van der Waals surface area contributed by atoms with E-state index in [9.17, 15) is 0 Å². The molecule has 0 aromatic heterocycles. The monoisotopic (exact) mass is 266 g/mol. The summed E-state index contributed by atoms with van der Waals surface area (Å²) < 4.78 is 0. The Morgan fingerprint density at radius 1 is 1.05 bits per heavy atom. The standard InChI is InChI=1S/C17H34N2/c1-4-16(13-18-12-14(2)3)19-11-7-9-15-8-5-6-10-17(15)19/h14-18H,4-13H2,1-3H3. The van der Waals surface area contributed by atoms with E-state index >= 15 is 0 Å². The molecule has 1 aliphatic carbocycles. The zero-order chi connectivity index (χ0) is 13.7. The lowest BCUT2D eigenvalue weighted by Crippen LogP contribution is -2.54. The van der Waals surface area contributed by atoms with Crippen molar-refractivity contribution in [1.82, 2.24) is 10.2 Å². The number of hydrogen-bond donors (Lipinski definition) is 1. The van der Waals surface area contributed by atoms with Crippen molar-refractivity contribution in [2.24, 2.45) is 11.8 Å². The van der Waals surface area contributed by atoms with E-state index in [0.29, 0.717) is 0 Å². The van der Waals surface area contributed by atoms with Crippen LogP contribution in [0.2, 0.25) is 0 Å². The second-order valence-corrected chi connectivity index (χ2v) is 7.11. The molecule has 0 aromatic carbocycles. The van der Waals surface area contributed by atoms with Gasteiger partial charge in [0, 0.05) is 18.6 Å². The fourth-order valence-corrected chi connectivity index (χ4v) is 4.15. The molecule has 1 N–H and O–H groups in total. The van der Waals surface area contributed by atoms with Crippen LogP contribution in [-0.2, 0) is 0 Å². The lowest BCUT2D eigenvalue weighted by molar-refractivity contribution is 0.0242. The van der Waals surface area contributed by atoms with Gasteiger partial charge in [-0.1, -0.05) is 33.6 Å². The van der Waals surface area contributed by atoms with Crippen molar-refractivity contribution in [2.45, 2.75) is 77.8 Å². The first-order chi connectivity index (χ1) is 9.22. The second kappa shape index (κ2) is 7.64. The maximum Gasteiger partial charge on any atom is 0.0221 e. The van der Waals surface area contributed by atoms with Gasteiger partial charge in [0.05, 0.1) is 0 Å². The number of nitrogens with one attached hydrogen (secondary N) is 1. The summed E-state index contributed by atoms with van der Waals surface area (Å²) >= 11 is 0. The largest absolute Gasteiger partial charge is 0.315 e. The molecule has 0 radical (unpaired) electrons. The minimum atomic E-state index is 0.765. The molecule has 2 fully saturated rings. The molecular formula is C17H34N2. The van der Waals surface area contributed by atoms with Gasteiger partial charge in [0.1, 0.15) is 0 Å². The van der Waals surface area contributed by atoms with Gasteiger partial charge in [0.2, 0.25) is 0 Å². The third kappa shape index (κ3) is 4.19. The van der Waals surface area contributed by atoms with Crippen LogP contribution in [0.15, 0.2) is 0 Å². The van der Waals surface area contributed by atoms with E-state index in [2.05, 4.69) is 31.0 Å².